The molecule has 0 radical (unpaired) electrons. The molecule has 4 amide bonds. The van der Waals surface area contributed by atoms with Crippen LogP contribution < -0.4 is 5.73 Å². The maximum absolute atomic E-state index is 12.7. The van der Waals surface area contributed by atoms with Crippen LogP contribution in [0.2, 0.25) is 0 Å². The smallest absolute Gasteiger partial charge is 0.345 e. The number of hydrogen-bond donors (Lipinski definition) is 1. The number of halogens is 1. The van der Waals surface area contributed by atoms with Crippen LogP contribution in [0.3, 0.4) is 0 Å². The van der Waals surface area contributed by atoms with Gasteiger partial charge in [0.05, 0.1) is 5.41 Å². The molecule has 1 aliphatic heterocycles. The van der Waals surface area contributed by atoms with Gasteiger partial charge in [-0.05, 0) is 30.5 Å². The number of rotatable bonds is 3. The third-order valence-electron chi connectivity index (χ3n) is 5.55. The first-order valence-corrected chi connectivity index (χ1v) is 10.2. The van der Waals surface area contributed by atoms with Gasteiger partial charge >= 0.3 is 12.1 Å². The van der Waals surface area contributed by atoms with E-state index in [0.717, 1.165) is 10.0 Å². The van der Waals surface area contributed by atoms with Crippen LogP contribution in [0.15, 0.2) is 33.7 Å². The molecule has 0 aromatic heterocycles. The van der Waals surface area contributed by atoms with E-state index in [0.29, 0.717) is 32.0 Å². The molecule has 7 nitrogen and oxygen atoms in total. The summed E-state index contributed by atoms with van der Waals surface area (Å²) in [6.45, 7) is 8.04. The third-order valence-corrected chi connectivity index (χ3v) is 6.08. The molecule has 154 valence electrons. The average Bonchev–Trinajstić information content (AvgIpc) is 2.67. The van der Waals surface area contributed by atoms with Gasteiger partial charge in [0, 0.05) is 44.7 Å². The highest BCUT2D eigenvalue weighted by Gasteiger charge is 2.36. The molecule has 0 spiro atoms. The number of amidine groups is 1. The van der Waals surface area contributed by atoms with E-state index in [1.807, 2.05) is 31.2 Å². The Morgan fingerprint density at radius 2 is 1.61 bits per heavy atom. The van der Waals surface area contributed by atoms with Gasteiger partial charge in [-0.15, -0.1) is 0 Å². The molecule has 1 heterocycles. The Kier molecular flexibility index (Phi) is 7.09. The largest absolute Gasteiger partial charge is 0.386 e. The van der Waals surface area contributed by atoms with Crippen LogP contribution in [0.25, 0.3) is 0 Å². The molecule has 28 heavy (non-hydrogen) atoms. The molecular weight excluding hydrogens is 422 g/mol. The number of urea groups is 2. The zero-order chi connectivity index (χ0) is 21.1. The molecule has 1 aromatic carbocycles. The van der Waals surface area contributed by atoms with Crippen LogP contribution in [0, 0.1) is 5.92 Å². The summed E-state index contributed by atoms with van der Waals surface area (Å²) in [5.74, 6) is 0.460. The normalized spacial score (nSPS) is 17.5. The molecule has 0 bridgehead atoms. The molecule has 2 rings (SSSR count). The molecule has 8 heteroatoms. The number of amides is 4. The Hall–Kier alpha value is -2.09. The summed E-state index contributed by atoms with van der Waals surface area (Å²) >= 11 is 3.45. The van der Waals surface area contributed by atoms with Crippen LogP contribution in [0.5, 0.6) is 0 Å². The van der Waals surface area contributed by atoms with Gasteiger partial charge in [-0.25, -0.2) is 9.59 Å². The molecule has 0 aliphatic carbocycles. The predicted molar refractivity (Wildman–Crippen MR) is 116 cm³/mol. The number of piperazine rings is 1. The van der Waals surface area contributed by atoms with E-state index in [4.69, 9.17) is 5.73 Å². The lowest BCUT2D eigenvalue weighted by atomic mass is 9.72. The first kappa shape index (κ1) is 22.2. The summed E-state index contributed by atoms with van der Waals surface area (Å²) < 4.78 is 0.985. The van der Waals surface area contributed by atoms with Crippen molar-refractivity contribution in [3.63, 3.8) is 0 Å². The first-order chi connectivity index (χ1) is 13.1. The average molecular weight is 452 g/mol. The van der Waals surface area contributed by atoms with Gasteiger partial charge in [0.2, 0.25) is 0 Å². The monoisotopic (exact) mass is 451 g/mol. The number of aliphatic imine (C=N–C) groups is 1. The van der Waals surface area contributed by atoms with E-state index in [1.165, 1.54) is 0 Å². The number of carbonyl (C=O) groups excluding carboxylic acids is 2. The van der Waals surface area contributed by atoms with Gasteiger partial charge in [-0.1, -0.05) is 41.9 Å². The summed E-state index contributed by atoms with van der Waals surface area (Å²) in [4.78, 5) is 33.9. The van der Waals surface area contributed by atoms with Gasteiger partial charge in [0.25, 0.3) is 0 Å². The maximum atomic E-state index is 12.7. The van der Waals surface area contributed by atoms with Crippen LogP contribution >= 0.6 is 15.9 Å². The molecule has 1 atom stereocenters. The minimum atomic E-state index is -0.556. The topological polar surface area (TPSA) is 82.2 Å². The first-order valence-electron chi connectivity index (χ1n) is 9.43. The van der Waals surface area contributed by atoms with E-state index < -0.39 is 5.41 Å². The molecular formula is C20H30BrN5O2. The molecule has 2 N–H and O–H groups in total. The number of carbonyl (C=O) groups is 2. The minimum Gasteiger partial charge on any atom is -0.386 e. The molecule has 0 saturated carbocycles. The second-order valence-electron chi connectivity index (χ2n) is 7.79. The van der Waals surface area contributed by atoms with E-state index in [2.05, 4.69) is 34.8 Å². The highest BCUT2D eigenvalue weighted by Crippen LogP contribution is 2.33. The van der Waals surface area contributed by atoms with Crippen molar-refractivity contribution in [2.75, 3.05) is 40.3 Å². The summed E-state index contributed by atoms with van der Waals surface area (Å²) in [5.41, 5.74) is 6.82. The zero-order valence-electron chi connectivity index (χ0n) is 17.3. The molecule has 1 aromatic rings. The number of nitrogens with zero attached hydrogens (tertiary/aromatic N) is 4. The fourth-order valence-corrected chi connectivity index (χ4v) is 3.50. The van der Waals surface area contributed by atoms with Crippen molar-refractivity contribution in [3.05, 3.63) is 34.3 Å². The van der Waals surface area contributed by atoms with Gasteiger partial charge in [-0.2, -0.15) is 4.99 Å². The fourth-order valence-electron chi connectivity index (χ4n) is 3.23. The van der Waals surface area contributed by atoms with E-state index in [-0.39, 0.29) is 18.0 Å². The van der Waals surface area contributed by atoms with Gasteiger partial charge in [0.15, 0.2) is 0 Å². The van der Waals surface area contributed by atoms with Crippen molar-refractivity contribution >= 4 is 33.8 Å². The molecule has 1 unspecified atom stereocenters. The lowest BCUT2D eigenvalue weighted by molar-refractivity contribution is 0.132. The maximum Gasteiger partial charge on any atom is 0.345 e. The van der Waals surface area contributed by atoms with Crippen molar-refractivity contribution in [2.45, 2.75) is 26.2 Å². The lowest BCUT2D eigenvalue weighted by Gasteiger charge is -2.36. The standard InChI is InChI=1S/C20H30BrN5O2/c1-14(2)20(3,15-6-8-16(21)9-7-15)17(22)23-18(27)25-10-12-26(13-11-25)19(28)24(4)5/h6-9,14H,10-13H2,1-5H3,(H2,22,23,27). The Bertz CT molecular complexity index is 739. The number of hydrogen-bond acceptors (Lipinski definition) is 2. The Morgan fingerprint density at radius 3 is 2.07 bits per heavy atom. The van der Waals surface area contributed by atoms with Crippen molar-refractivity contribution in [2.24, 2.45) is 16.6 Å². The lowest BCUT2D eigenvalue weighted by Crippen LogP contribution is -2.53. The van der Waals surface area contributed by atoms with Crippen molar-refractivity contribution in [1.29, 1.82) is 0 Å². The Balaban J connectivity index is 2.15. The third kappa shape index (κ3) is 4.66. The molecule has 1 aliphatic rings. The van der Waals surface area contributed by atoms with E-state index in [1.54, 1.807) is 28.8 Å². The van der Waals surface area contributed by atoms with Gasteiger partial charge < -0.3 is 20.4 Å². The number of nitrogens with two attached hydrogens (primary N) is 1. The Morgan fingerprint density at radius 1 is 1.11 bits per heavy atom. The Labute approximate surface area is 175 Å². The van der Waals surface area contributed by atoms with Gasteiger partial charge in [-0.3, -0.25) is 0 Å². The number of benzene rings is 1. The van der Waals surface area contributed by atoms with Crippen LogP contribution in [0.1, 0.15) is 26.3 Å². The van der Waals surface area contributed by atoms with Crippen LogP contribution in [-0.4, -0.2) is 72.9 Å². The fraction of sp³-hybridized carbons (Fsp3) is 0.550. The van der Waals surface area contributed by atoms with Crippen LogP contribution in [-0.2, 0) is 5.41 Å². The van der Waals surface area contributed by atoms with Crippen LogP contribution in [0.4, 0.5) is 9.59 Å². The SMILES string of the molecule is CC(C)C(C)(C(N)=NC(=O)N1CCN(C(=O)N(C)C)CC1)c1ccc(Br)cc1. The van der Waals surface area contributed by atoms with E-state index in [9.17, 15) is 9.59 Å². The molecule has 1 saturated heterocycles. The zero-order valence-corrected chi connectivity index (χ0v) is 18.9. The van der Waals surface area contributed by atoms with Crippen molar-refractivity contribution < 1.29 is 9.59 Å². The highest BCUT2D eigenvalue weighted by atomic mass is 79.9. The van der Waals surface area contributed by atoms with Crippen molar-refractivity contribution in [1.82, 2.24) is 14.7 Å². The van der Waals surface area contributed by atoms with Crippen molar-refractivity contribution in [3.8, 4) is 0 Å². The summed E-state index contributed by atoms with van der Waals surface area (Å²) in [5, 5.41) is 0. The predicted octanol–water partition coefficient (Wildman–Crippen LogP) is 3.14. The summed E-state index contributed by atoms with van der Waals surface area (Å²) in [6, 6.07) is 7.54. The highest BCUT2D eigenvalue weighted by molar-refractivity contribution is 9.10. The summed E-state index contributed by atoms with van der Waals surface area (Å²) in [6.07, 6.45) is 0. The molecule has 1 fully saturated rings. The quantitative estimate of drug-likeness (QED) is 0.565. The second-order valence-corrected chi connectivity index (χ2v) is 8.71. The summed E-state index contributed by atoms with van der Waals surface area (Å²) in [7, 11) is 3.44. The second kappa shape index (κ2) is 8.94. The van der Waals surface area contributed by atoms with Gasteiger partial charge in [0.1, 0.15) is 5.84 Å². The minimum absolute atomic E-state index is 0.0438. The van der Waals surface area contributed by atoms with E-state index >= 15 is 0 Å².